The van der Waals surface area contributed by atoms with Gasteiger partial charge in [0.2, 0.25) is 0 Å². The molecule has 0 saturated carbocycles. The third-order valence-electron chi connectivity index (χ3n) is 3.24. The quantitative estimate of drug-likeness (QED) is 0.809. The third-order valence-corrected chi connectivity index (χ3v) is 4.17. The lowest BCUT2D eigenvalue weighted by Crippen LogP contribution is -2.13. The van der Waals surface area contributed by atoms with Crippen LogP contribution in [0.25, 0.3) is 0 Å². The first kappa shape index (κ1) is 11.7. The van der Waals surface area contributed by atoms with E-state index in [2.05, 4.69) is 28.6 Å². The second-order valence-corrected chi connectivity index (χ2v) is 5.53. The molecule has 0 radical (unpaired) electrons. The molecule has 1 aromatic rings. The summed E-state index contributed by atoms with van der Waals surface area (Å²) in [6.45, 7) is 0.941. The van der Waals surface area contributed by atoms with Gasteiger partial charge in [0.05, 0.1) is 5.71 Å². The first-order chi connectivity index (χ1) is 8.93. The number of aromatic nitrogens is 1. The molecule has 2 aliphatic heterocycles. The largest absolute Gasteiger partial charge is 0.284 e. The van der Waals surface area contributed by atoms with E-state index in [1.807, 2.05) is 30.2 Å². The molecule has 1 unspecified atom stereocenters. The first-order valence-electron chi connectivity index (χ1n) is 6.38. The summed E-state index contributed by atoms with van der Waals surface area (Å²) in [5.41, 5.74) is 3.70. The normalized spacial score (nSPS) is 25.4. The summed E-state index contributed by atoms with van der Waals surface area (Å²) in [7, 11) is 0. The highest BCUT2D eigenvalue weighted by Gasteiger charge is 2.16. The van der Waals surface area contributed by atoms with E-state index in [0.29, 0.717) is 5.92 Å². The second-order valence-electron chi connectivity index (χ2n) is 4.59. The number of thioether (sulfide) groups is 1. The summed E-state index contributed by atoms with van der Waals surface area (Å²) >= 11 is 1.89. The fraction of sp³-hybridized carbons (Fsp3) is 0.333. The Labute approximate surface area is 112 Å². The van der Waals surface area contributed by atoms with E-state index in [0.717, 1.165) is 24.2 Å². The molecule has 1 aromatic heterocycles. The Hall–Kier alpha value is -1.35. The van der Waals surface area contributed by atoms with Gasteiger partial charge in [0.25, 0.3) is 0 Å². The number of hydrogen-bond acceptors (Lipinski definition) is 3. The van der Waals surface area contributed by atoms with Crippen molar-refractivity contribution in [2.75, 3.05) is 12.3 Å². The molecule has 0 aromatic carbocycles. The maximum absolute atomic E-state index is 4.70. The van der Waals surface area contributed by atoms with Crippen molar-refractivity contribution in [1.29, 1.82) is 0 Å². The maximum Gasteiger partial charge on any atom is 0.0691 e. The van der Waals surface area contributed by atoms with Crippen LogP contribution >= 0.6 is 11.8 Å². The Morgan fingerprint density at radius 3 is 3.17 bits per heavy atom. The van der Waals surface area contributed by atoms with E-state index in [-0.39, 0.29) is 0 Å². The number of pyridine rings is 1. The number of rotatable bonds is 2. The van der Waals surface area contributed by atoms with E-state index in [1.165, 1.54) is 17.7 Å². The average molecular weight is 256 g/mol. The van der Waals surface area contributed by atoms with Crippen molar-refractivity contribution >= 4 is 17.5 Å². The van der Waals surface area contributed by atoms with Gasteiger partial charge in [-0.2, -0.15) is 0 Å². The predicted molar refractivity (Wildman–Crippen MR) is 78.0 cm³/mol. The molecular weight excluding hydrogens is 240 g/mol. The Bertz CT molecular complexity index is 502. The van der Waals surface area contributed by atoms with Crippen molar-refractivity contribution in [1.82, 2.24) is 4.98 Å². The molecule has 3 rings (SSSR count). The van der Waals surface area contributed by atoms with Crippen LogP contribution in [0.15, 0.2) is 52.7 Å². The molecular formula is C15H16N2S. The van der Waals surface area contributed by atoms with Crippen molar-refractivity contribution in [2.45, 2.75) is 12.8 Å². The molecule has 0 N–H and O–H groups in total. The maximum atomic E-state index is 4.70. The lowest BCUT2D eigenvalue weighted by atomic mass is 9.93. The monoisotopic (exact) mass is 256 g/mol. The third kappa shape index (κ3) is 2.56. The van der Waals surface area contributed by atoms with Crippen LogP contribution in [-0.4, -0.2) is 23.0 Å². The Morgan fingerprint density at radius 1 is 1.39 bits per heavy atom. The topological polar surface area (TPSA) is 25.2 Å². The van der Waals surface area contributed by atoms with Crippen LogP contribution in [0.2, 0.25) is 0 Å². The van der Waals surface area contributed by atoms with Crippen molar-refractivity contribution in [3.05, 3.63) is 53.2 Å². The van der Waals surface area contributed by atoms with Gasteiger partial charge in [0.15, 0.2) is 0 Å². The van der Waals surface area contributed by atoms with Crippen LogP contribution < -0.4 is 0 Å². The zero-order valence-electron chi connectivity index (χ0n) is 10.2. The Balaban J connectivity index is 1.90. The van der Waals surface area contributed by atoms with Crippen molar-refractivity contribution in [3.8, 4) is 0 Å². The van der Waals surface area contributed by atoms with Gasteiger partial charge in [-0.15, -0.1) is 11.8 Å². The number of aliphatic imine (C=N–C) groups is 1. The predicted octanol–water partition coefficient (Wildman–Crippen LogP) is 3.47. The van der Waals surface area contributed by atoms with Crippen molar-refractivity contribution in [2.24, 2.45) is 10.9 Å². The lowest BCUT2D eigenvalue weighted by molar-refractivity contribution is 0.803. The molecule has 2 nitrogen and oxygen atoms in total. The standard InChI is InChI=1S/C15H16N2S/c1-4-14(10-16-6-1)15-13(3-2-7-17-15)9-12-5-8-18-11-12/h1,4-6,8-10,12H,2-3,7,11H2/b13-9+. The zero-order chi connectivity index (χ0) is 12.2. The Kier molecular flexibility index (Phi) is 3.60. The van der Waals surface area contributed by atoms with Crippen LogP contribution in [0, 0.1) is 5.92 Å². The molecule has 0 amide bonds. The minimum atomic E-state index is 0.574. The second kappa shape index (κ2) is 5.53. The van der Waals surface area contributed by atoms with Gasteiger partial charge in [-0.05, 0) is 36.0 Å². The summed E-state index contributed by atoms with van der Waals surface area (Å²) in [5.74, 6) is 1.74. The fourth-order valence-electron chi connectivity index (χ4n) is 2.36. The Morgan fingerprint density at radius 2 is 2.39 bits per heavy atom. The first-order valence-corrected chi connectivity index (χ1v) is 7.42. The van der Waals surface area contributed by atoms with Gasteiger partial charge < -0.3 is 0 Å². The zero-order valence-corrected chi connectivity index (χ0v) is 11.1. The van der Waals surface area contributed by atoms with Crippen molar-refractivity contribution < 1.29 is 0 Å². The molecule has 18 heavy (non-hydrogen) atoms. The summed E-state index contributed by atoms with van der Waals surface area (Å²) in [6, 6.07) is 4.08. The molecule has 92 valence electrons. The molecule has 0 spiro atoms. The van der Waals surface area contributed by atoms with Gasteiger partial charge in [-0.25, -0.2) is 0 Å². The average Bonchev–Trinajstić information content (AvgIpc) is 2.93. The molecule has 3 heteroatoms. The summed E-state index contributed by atoms with van der Waals surface area (Å²) in [4.78, 5) is 8.90. The van der Waals surface area contributed by atoms with Gasteiger partial charge in [0.1, 0.15) is 0 Å². The van der Waals surface area contributed by atoms with E-state index in [4.69, 9.17) is 4.99 Å². The molecule has 0 bridgehead atoms. The number of nitrogens with zero attached hydrogens (tertiary/aromatic N) is 2. The summed E-state index contributed by atoms with van der Waals surface area (Å²) in [6.07, 6.45) is 10.7. The van der Waals surface area contributed by atoms with Gasteiger partial charge >= 0.3 is 0 Å². The number of hydrogen-bond donors (Lipinski definition) is 0. The van der Waals surface area contributed by atoms with Gasteiger partial charge in [-0.1, -0.05) is 12.2 Å². The molecule has 1 atom stereocenters. The van der Waals surface area contributed by atoms with Gasteiger partial charge in [0, 0.05) is 36.2 Å². The van der Waals surface area contributed by atoms with Crippen LogP contribution in [-0.2, 0) is 0 Å². The molecule has 0 aliphatic carbocycles. The fourth-order valence-corrected chi connectivity index (χ4v) is 3.22. The molecule has 2 aliphatic rings. The molecule has 0 saturated heterocycles. The van der Waals surface area contributed by atoms with Crippen LogP contribution in [0.1, 0.15) is 18.4 Å². The number of allylic oxidation sites excluding steroid dienone is 3. The minimum Gasteiger partial charge on any atom is -0.284 e. The molecule has 3 heterocycles. The van der Waals surface area contributed by atoms with E-state index in [1.54, 1.807) is 0 Å². The van der Waals surface area contributed by atoms with Crippen LogP contribution in [0.4, 0.5) is 0 Å². The van der Waals surface area contributed by atoms with E-state index >= 15 is 0 Å². The molecule has 0 fully saturated rings. The highest BCUT2D eigenvalue weighted by Crippen LogP contribution is 2.26. The van der Waals surface area contributed by atoms with Crippen LogP contribution in [0.3, 0.4) is 0 Å². The lowest BCUT2D eigenvalue weighted by Gasteiger charge is -2.17. The van der Waals surface area contributed by atoms with E-state index in [9.17, 15) is 0 Å². The SMILES string of the molecule is C1=CC(/C=C2\CCCN=C2c2cccnc2)CS1. The highest BCUT2D eigenvalue weighted by atomic mass is 32.2. The van der Waals surface area contributed by atoms with Gasteiger partial charge in [-0.3, -0.25) is 9.98 Å². The smallest absolute Gasteiger partial charge is 0.0691 e. The summed E-state index contributed by atoms with van der Waals surface area (Å²) in [5, 5.41) is 2.20. The van der Waals surface area contributed by atoms with E-state index < -0.39 is 0 Å². The minimum absolute atomic E-state index is 0.574. The highest BCUT2D eigenvalue weighted by molar-refractivity contribution is 8.02. The van der Waals surface area contributed by atoms with Crippen LogP contribution in [0.5, 0.6) is 0 Å². The summed E-state index contributed by atoms with van der Waals surface area (Å²) < 4.78 is 0. The van der Waals surface area contributed by atoms with Crippen molar-refractivity contribution in [3.63, 3.8) is 0 Å².